The predicted octanol–water partition coefficient (Wildman–Crippen LogP) is 11.5. The molecule has 0 saturated heterocycles. The first-order valence-corrected chi connectivity index (χ1v) is 19.4. The van der Waals surface area contributed by atoms with E-state index in [0.29, 0.717) is 0 Å². The normalized spacial score (nSPS) is 16.9. The molecule has 0 fully saturated rings. The third-order valence-electron chi connectivity index (χ3n) is 11.7. The molecular weight excluding hydrogens is 681 g/mol. The van der Waals surface area contributed by atoms with Crippen molar-refractivity contribution < 1.29 is 0 Å². The predicted molar refractivity (Wildman–Crippen MR) is 229 cm³/mol. The van der Waals surface area contributed by atoms with Crippen LogP contribution < -0.4 is 10.6 Å². The van der Waals surface area contributed by atoms with E-state index in [2.05, 4.69) is 221 Å². The second kappa shape index (κ2) is 13.1. The highest BCUT2D eigenvalue weighted by Crippen LogP contribution is 2.57. The fourth-order valence-corrected chi connectivity index (χ4v) is 9.30. The number of benzene rings is 8. The number of nitrogens with one attached hydrogen (secondary N) is 2. The van der Waals surface area contributed by atoms with E-state index in [1.807, 2.05) is 0 Å². The highest BCUT2D eigenvalue weighted by atomic mass is 15.3. The highest BCUT2D eigenvalue weighted by molar-refractivity contribution is 6.12. The average Bonchev–Trinajstić information content (AvgIpc) is 3.76. The summed E-state index contributed by atoms with van der Waals surface area (Å²) in [4.78, 5) is 5.28. The summed E-state index contributed by atoms with van der Waals surface area (Å²) in [5, 5.41) is 9.95. The van der Waals surface area contributed by atoms with E-state index < -0.39 is 5.41 Å². The first-order valence-electron chi connectivity index (χ1n) is 19.4. The third-order valence-corrected chi connectivity index (χ3v) is 11.7. The quantitative estimate of drug-likeness (QED) is 0.180. The van der Waals surface area contributed by atoms with Crippen LogP contribution in [0.2, 0.25) is 0 Å². The molecule has 1 aliphatic carbocycles. The van der Waals surface area contributed by atoms with Gasteiger partial charge in [-0.3, -0.25) is 5.32 Å². The lowest BCUT2D eigenvalue weighted by Gasteiger charge is -2.34. The fraction of sp³-hybridized carbons (Fsp3) is 0.0577. The van der Waals surface area contributed by atoms with Crippen molar-refractivity contribution in [1.82, 2.24) is 15.2 Å². The number of rotatable bonds is 6. The summed E-state index contributed by atoms with van der Waals surface area (Å²) in [6.07, 6.45) is -0.311. The summed E-state index contributed by atoms with van der Waals surface area (Å²) >= 11 is 0. The van der Waals surface area contributed by atoms with Crippen LogP contribution in [-0.4, -0.2) is 10.4 Å². The van der Waals surface area contributed by atoms with Gasteiger partial charge < -0.3 is 9.88 Å². The van der Waals surface area contributed by atoms with Crippen molar-refractivity contribution in [3.05, 3.63) is 245 Å². The summed E-state index contributed by atoms with van der Waals surface area (Å²) in [6, 6.07) is 74.7. The van der Waals surface area contributed by atoms with Gasteiger partial charge in [-0.05, 0) is 74.8 Å². The highest BCUT2D eigenvalue weighted by Gasteiger charge is 2.46. The van der Waals surface area contributed by atoms with Crippen molar-refractivity contribution in [3.63, 3.8) is 0 Å². The molecule has 1 aromatic heterocycles. The van der Waals surface area contributed by atoms with E-state index in [0.717, 1.165) is 28.2 Å². The molecule has 2 unspecified atom stereocenters. The Morgan fingerprint density at radius 3 is 1.82 bits per heavy atom. The molecular formula is C52H38N4. The molecule has 2 atom stereocenters. The van der Waals surface area contributed by atoms with Crippen LogP contribution in [0.15, 0.2) is 211 Å². The van der Waals surface area contributed by atoms with Crippen LogP contribution in [0.4, 0.5) is 0 Å². The minimum atomic E-state index is -0.463. The van der Waals surface area contributed by atoms with Crippen LogP contribution in [0.5, 0.6) is 0 Å². The summed E-state index contributed by atoms with van der Waals surface area (Å²) in [6.45, 7) is 0. The lowest BCUT2D eigenvalue weighted by atomic mass is 9.67. The molecule has 1 aliphatic heterocycles. The zero-order chi connectivity index (χ0) is 37.1. The van der Waals surface area contributed by atoms with Crippen LogP contribution in [0.3, 0.4) is 0 Å². The Labute approximate surface area is 326 Å². The average molecular weight is 719 g/mol. The van der Waals surface area contributed by atoms with Gasteiger partial charge in [0.25, 0.3) is 0 Å². The Morgan fingerprint density at radius 1 is 0.464 bits per heavy atom. The first-order chi connectivity index (χ1) is 27.8. The number of aromatic nitrogens is 1. The molecule has 0 radical (unpaired) electrons. The van der Waals surface area contributed by atoms with Gasteiger partial charge in [-0.1, -0.05) is 176 Å². The Morgan fingerprint density at radius 2 is 1.09 bits per heavy atom. The molecule has 0 spiro atoms. The minimum absolute atomic E-state index is 0.108. The maximum Gasteiger partial charge on any atom is 0.131 e. The number of hydrogen-bond donors (Lipinski definition) is 2. The largest absolute Gasteiger partial charge is 0.350 e. The topological polar surface area (TPSA) is 41.4 Å². The first kappa shape index (κ1) is 32.4. The van der Waals surface area contributed by atoms with Gasteiger partial charge in [-0.15, -0.1) is 0 Å². The number of para-hydroxylation sites is 1. The van der Waals surface area contributed by atoms with Gasteiger partial charge in [-0.2, -0.15) is 0 Å². The molecule has 9 aromatic rings. The van der Waals surface area contributed by atoms with Gasteiger partial charge >= 0.3 is 0 Å². The van der Waals surface area contributed by atoms with Crippen LogP contribution in [0.1, 0.15) is 51.3 Å². The Balaban J connectivity index is 1.12. The van der Waals surface area contributed by atoms with Crippen molar-refractivity contribution in [2.75, 3.05) is 0 Å². The Hall–Kier alpha value is -7.01. The van der Waals surface area contributed by atoms with Crippen LogP contribution in [0.25, 0.3) is 38.6 Å². The fourth-order valence-electron chi connectivity index (χ4n) is 9.30. The van der Waals surface area contributed by atoms with Gasteiger partial charge in [0, 0.05) is 22.0 Å². The summed E-state index contributed by atoms with van der Waals surface area (Å²) in [7, 11) is 0. The molecule has 0 bridgehead atoms. The van der Waals surface area contributed by atoms with E-state index in [-0.39, 0.29) is 12.3 Å². The van der Waals surface area contributed by atoms with E-state index >= 15 is 0 Å². The number of hydrogen-bond acceptors (Lipinski definition) is 3. The molecule has 56 heavy (non-hydrogen) atoms. The molecule has 8 aromatic carbocycles. The second-order valence-electron chi connectivity index (χ2n) is 14.8. The van der Waals surface area contributed by atoms with E-state index in [9.17, 15) is 0 Å². The second-order valence-corrected chi connectivity index (χ2v) is 14.8. The molecule has 0 saturated carbocycles. The van der Waals surface area contributed by atoms with Gasteiger partial charge in [0.05, 0.1) is 16.4 Å². The van der Waals surface area contributed by atoms with Gasteiger partial charge in [-0.25, -0.2) is 4.99 Å². The summed E-state index contributed by atoms with van der Waals surface area (Å²) in [5.41, 5.74) is 14.0. The van der Waals surface area contributed by atoms with E-state index in [4.69, 9.17) is 4.99 Å². The number of fused-ring (bicyclic) bond motifs is 6. The zero-order valence-electron chi connectivity index (χ0n) is 30.7. The molecule has 266 valence electrons. The number of nitrogens with zero attached hydrogens (tertiary/aromatic N) is 2. The van der Waals surface area contributed by atoms with Crippen molar-refractivity contribution in [1.29, 1.82) is 0 Å². The van der Waals surface area contributed by atoms with Crippen molar-refractivity contribution in [2.45, 2.75) is 17.7 Å². The number of aliphatic imine (C=N–C) groups is 1. The van der Waals surface area contributed by atoms with Crippen LogP contribution in [-0.2, 0) is 5.41 Å². The van der Waals surface area contributed by atoms with Gasteiger partial charge in [0.2, 0.25) is 0 Å². The smallest absolute Gasteiger partial charge is 0.131 e. The number of amidine groups is 1. The van der Waals surface area contributed by atoms with Gasteiger partial charge in [0.15, 0.2) is 0 Å². The molecule has 2 heterocycles. The summed E-state index contributed by atoms with van der Waals surface area (Å²) < 4.78 is 2.44. The molecule has 4 heteroatoms. The minimum Gasteiger partial charge on any atom is -0.350 e. The monoisotopic (exact) mass is 718 g/mol. The van der Waals surface area contributed by atoms with Crippen molar-refractivity contribution in [2.24, 2.45) is 4.99 Å². The Bertz CT molecular complexity index is 2870. The maximum atomic E-state index is 5.28. The molecule has 2 aliphatic rings. The van der Waals surface area contributed by atoms with E-state index in [1.54, 1.807) is 0 Å². The third kappa shape index (κ3) is 5.00. The lowest BCUT2D eigenvalue weighted by molar-refractivity contribution is 0.409. The molecule has 2 N–H and O–H groups in total. The van der Waals surface area contributed by atoms with Gasteiger partial charge in [0.1, 0.15) is 18.2 Å². The van der Waals surface area contributed by atoms with Crippen LogP contribution in [0, 0.1) is 0 Å². The van der Waals surface area contributed by atoms with Crippen LogP contribution >= 0.6 is 0 Å². The molecule has 0 amide bonds. The standard InChI is InChI=1S/C52H38N4/c1-5-18-35(19-6-1)49-53-50(36-20-7-2-8-21-36)55-51(54-49)37-22-17-27-40(32-37)56-47-31-16-14-29-42(47)44-33-46-43(34-48(44)56)41-28-13-15-30-45(41)52(46,38-23-9-3-10-24-38)39-25-11-4-12-26-39/h1-34,49-50,53H,(H,54,55). The van der Waals surface area contributed by atoms with E-state index in [1.165, 1.54) is 55.2 Å². The van der Waals surface area contributed by atoms with Crippen molar-refractivity contribution >= 4 is 27.6 Å². The lowest BCUT2D eigenvalue weighted by Crippen LogP contribution is -2.44. The SMILES string of the molecule is c1ccc(C2N=C(c3cccc(-n4c5ccccc5c5cc6c(cc54)-c4ccccc4C6(c4ccccc4)c4ccccc4)c3)NC(c3ccccc3)N2)cc1. The summed E-state index contributed by atoms with van der Waals surface area (Å²) in [5.74, 6) is 0.861. The Kier molecular flexibility index (Phi) is 7.58. The van der Waals surface area contributed by atoms with Crippen molar-refractivity contribution in [3.8, 4) is 16.8 Å². The zero-order valence-corrected chi connectivity index (χ0v) is 30.7. The molecule has 11 rings (SSSR count). The maximum absolute atomic E-state index is 5.28. The molecule has 4 nitrogen and oxygen atoms in total.